The van der Waals surface area contributed by atoms with E-state index in [-0.39, 0.29) is 10.6 Å². The number of benzene rings is 1. The molecule has 130 valence electrons. The summed E-state index contributed by atoms with van der Waals surface area (Å²) in [6.07, 6.45) is 1.01. The van der Waals surface area contributed by atoms with Crippen LogP contribution in [0.15, 0.2) is 29.6 Å². The van der Waals surface area contributed by atoms with Crippen LogP contribution in [0.25, 0.3) is 0 Å². The monoisotopic (exact) mass is 376 g/mol. The molecule has 24 heavy (non-hydrogen) atoms. The minimum absolute atomic E-state index is 0.00602. The molecular formula is C14H14F2N2O4S2. The first-order valence-corrected chi connectivity index (χ1v) is 9.35. The minimum Gasteiger partial charge on any atom is -0.433 e. The number of thiophene rings is 1. The highest BCUT2D eigenvalue weighted by Crippen LogP contribution is 2.28. The van der Waals surface area contributed by atoms with Gasteiger partial charge in [-0.25, -0.2) is 8.42 Å². The standard InChI is InChI=1S/C14H14F2N2O4S2/c1-8-3-4-9(7-10(8)18-24(2,20)21)17-13(19)12-11(5-6-23-12)22-14(15)16/h3-7,14,18H,1-2H3,(H,17,19). The van der Waals surface area contributed by atoms with E-state index < -0.39 is 22.5 Å². The maximum Gasteiger partial charge on any atom is 0.387 e. The summed E-state index contributed by atoms with van der Waals surface area (Å²) < 4.78 is 53.9. The summed E-state index contributed by atoms with van der Waals surface area (Å²) >= 11 is 0.954. The predicted molar refractivity (Wildman–Crippen MR) is 88.5 cm³/mol. The number of sulfonamides is 1. The smallest absolute Gasteiger partial charge is 0.387 e. The highest BCUT2D eigenvalue weighted by atomic mass is 32.2. The third-order valence-electron chi connectivity index (χ3n) is 2.84. The number of ether oxygens (including phenoxy) is 1. The number of anilines is 2. The molecule has 0 fully saturated rings. The van der Waals surface area contributed by atoms with E-state index in [2.05, 4.69) is 14.8 Å². The van der Waals surface area contributed by atoms with Gasteiger partial charge in [0, 0.05) is 5.69 Å². The molecular weight excluding hydrogens is 362 g/mol. The number of hydrogen-bond acceptors (Lipinski definition) is 5. The Balaban J connectivity index is 2.21. The molecule has 0 bridgehead atoms. The van der Waals surface area contributed by atoms with Crippen molar-refractivity contribution >= 4 is 38.6 Å². The molecule has 0 aliphatic heterocycles. The molecule has 0 spiro atoms. The molecule has 0 saturated carbocycles. The van der Waals surface area contributed by atoms with E-state index in [1.807, 2.05) is 0 Å². The van der Waals surface area contributed by atoms with Crippen molar-refractivity contribution in [1.29, 1.82) is 0 Å². The number of carbonyl (C=O) groups is 1. The van der Waals surface area contributed by atoms with Crippen LogP contribution in [0.2, 0.25) is 0 Å². The molecule has 1 aromatic heterocycles. The maximum atomic E-state index is 12.3. The van der Waals surface area contributed by atoms with Gasteiger partial charge in [0.05, 0.1) is 11.9 Å². The van der Waals surface area contributed by atoms with Crippen LogP contribution in [0.5, 0.6) is 5.75 Å². The van der Waals surface area contributed by atoms with Crippen LogP contribution in [0, 0.1) is 6.92 Å². The third-order valence-corrected chi connectivity index (χ3v) is 4.33. The number of amides is 1. The predicted octanol–water partition coefficient (Wildman–Crippen LogP) is 3.28. The summed E-state index contributed by atoms with van der Waals surface area (Å²) in [6, 6.07) is 5.91. The number of halogens is 2. The van der Waals surface area contributed by atoms with Gasteiger partial charge in [-0.2, -0.15) is 8.78 Å². The molecule has 0 aliphatic rings. The van der Waals surface area contributed by atoms with Crippen molar-refractivity contribution in [3.8, 4) is 5.75 Å². The number of rotatable bonds is 6. The minimum atomic E-state index is -3.47. The first kappa shape index (κ1) is 18.1. The van der Waals surface area contributed by atoms with Gasteiger partial charge >= 0.3 is 6.61 Å². The Morgan fingerprint density at radius 2 is 2.00 bits per heavy atom. The lowest BCUT2D eigenvalue weighted by Gasteiger charge is -2.11. The molecule has 2 rings (SSSR count). The SMILES string of the molecule is Cc1ccc(NC(=O)c2sccc2OC(F)F)cc1NS(C)(=O)=O. The zero-order valence-electron chi connectivity index (χ0n) is 12.7. The van der Waals surface area contributed by atoms with Gasteiger partial charge in [0.15, 0.2) is 0 Å². The lowest BCUT2D eigenvalue weighted by Crippen LogP contribution is -2.14. The summed E-state index contributed by atoms with van der Waals surface area (Å²) in [4.78, 5) is 12.2. The second kappa shape index (κ2) is 7.14. The number of aryl methyl sites for hydroxylation is 1. The molecule has 2 N–H and O–H groups in total. The van der Waals surface area contributed by atoms with Crippen LogP contribution in [0.1, 0.15) is 15.2 Å². The van der Waals surface area contributed by atoms with Crippen LogP contribution in [-0.2, 0) is 10.0 Å². The van der Waals surface area contributed by atoms with Crippen molar-refractivity contribution < 1.29 is 26.7 Å². The van der Waals surface area contributed by atoms with E-state index in [1.54, 1.807) is 19.1 Å². The summed E-state index contributed by atoms with van der Waals surface area (Å²) in [5.74, 6) is -0.844. The van der Waals surface area contributed by atoms with Gasteiger partial charge in [-0.3, -0.25) is 9.52 Å². The molecule has 0 radical (unpaired) electrons. The molecule has 0 unspecified atom stereocenters. The van der Waals surface area contributed by atoms with Crippen LogP contribution < -0.4 is 14.8 Å². The van der Waals surface area contributed by atoms with E-state index in [9.17, 15) is 22.0 Å². The number of carbonyl (C=O) groups excluding carboxylic acids is 1. The quantitative estimate of drug-likeness (QED) is 0.810. The normalized spacial score (nSPS) is 11.4. The van der Waals surface area contributed by atoms with E-state index in [1.165, 1.54) is 17.5 Å². The van der Waals surface area contributed by atoms with E-state index in [0.717, 1.165) is 17.6 Å². The Morgan fingerprint density at radius 3 is 2.62 bits per heavy atom. The first-order valence-electron chi connectivity index (χ1n) is 6.58. The third kappa shape index (κ3) is 4.90. The fourth-order valence-electron chi connectivity index (χ4n) is 1.85. The van der Waals surface area contributed by atoms with Crippen molar-refractivity contribution in [2.45, 2.75) is 13.5 Å². The molecule has 0 atom stereocenters. The second-order valence-corrected chi connectivity index (χ2v) is 7.52. The highest BCUT2D eigenvalue weighted by molar-refractivity contribution is 7.92. The summed E-state index contributed by atoms with van der Waals surface area (Å²) in [7, 11) is -3.47. The van der Waals surface area contributed by atoms with Crippen molar-refractivity contribution in [3.63, 3.8) is 0 Å². The Morgan fingerprint density at radius 1 is 1.29 bits per heavy atom. The lowest BCUT2D eigenvalue weighted by molar-refractivity contribution is -0.0498. The van der Waals surface area contributed by atoms with E-state index in [0.29, 0.717) is 16.9 Å². The molecule has 0 aliphatic carbocycles. The molecule has 2 aromatic rings. The fraction of sp³-hybridized carbons (Fsp3) is 0.214. The molecule has 1 heterocycles. The van der Waals surface area contributed by atoms with Gasteiger partial charge in [-0.15, -0.1) is 11.3 Å². The Kier molecular flexibility index (Phi) is 5.40. The number of alkyl halides is 2. The molecule has 0 saturated heterocycles. The summed E-state index contributed by atoms with van der Waals surface area (Å²) in [6.45, 7) is -1.33. The summed E-state index contributed by atoms with van der Waals surface area (Å²) in [5.41, 5.74) is 1.29. The van der Waals surface area contributed by atoms with Gasteiger partial charge in [-0.05, 0) is 36.1 Å². The number of hydrogen-bond donors (Lipinski definition) is 2. The Labute approximate surface area is 141 Å². The largest absolute Gasteiger partial charge is 0.433 e. The zero-order valence-corrected chi connectivity index (χ0v) is 14.3. The number of nitrogens with one attached hydrogen (secondary N) is 2. The van der Waals surface area contributed by atoms with Crippen molar-refractivity contribution in [2.75, 3.05) is 16.3 Å². The topological polar surface area (TPSA) is 84.5 Å². The Hall–Kier alpha value is -2.20. The van der Waals surface area contributed by atoms with Gasteiger partial charge in [0.1, 0.15) is 10.6 Å². The molecule has 1 amide bonds. The highest BCUT2D eigenvalue weighted by Gasteiger charge is 2.18. The Bertz CT molecular complexity index is 850. The first-order chi connectivity index (χ1) is 11.2. The zero-order chi connectivity index (χ0) is 17.9. The lowest BCUT2D eigenvalue weighted by atomic mass is 10.2. The van der Waals surface area contributed by atoms with Crippen LogP contribution in [-0.4, -0.2) is 27.2 Å². The van der Waals surface area contributed by atoms with Crippen LogP contribution >= 0.6 is 11.3 Å². The molecule has 1 aromatic carbocycles. The van der Waals surface area contributed by atoms with E-state index >= 15 is 0 Å². The average molecular weight is 376 g/mol. The fourth-order valence-corrected chi connectivity index (χ4v) is 3.19. The molecule has 6 nitrogen and oxygen atoms in total. The maximum absolute atomic E-state index is 12.3. The van der Waals surface area contributed by atoms with Crippen LogP contribution in [0.4, 0.5) is 20.2 Å². The van der Waals surface area contributed by atoms with Gasteiger partial charge in [0.25, 0.3) is 5.91 Å². The second-order valence-electron chi connectivity index (χ2n) is 4.85. The summed E-state index contributed by atoms with van der Waals surface area (Å²) in [5, 5.41) is 3.98. The van der Waals surface area contributed by atoms with Crippen LogP contribution in [0.3, 0.4) is 0 Å². The van der Waals surface area contributed by atoms with Gasteiger partial charge in [0.2, 0.25) is 10.0 Å². The van der Waals surface area contributed by atoms with E-state index in [4.69, 9.17) is 0 Å². The van der Waals surface area contributed by atoms with Gasteiger partial charge in [-0.1, -0.05) is 6.07 Å². The average Bonchev–Trinajstić information content (AvgIpc) is 2.88. The van der Waals surface area contributed by atoms with Crippen molar-refractivity contribution in [2.24, 2.45) is 0 Å². The van der Waals surface area contributed by atoms with Crippen molar-refractivity contribution in [3.05, 3.63) is 40.1 Å². The van der Waals surface area contributed by atoms with Gasteiger partial charge < -0.3 is 10.1 Å². The van der Waals surface area contributed by atoms with Crippen molar-refractivity contribution in [1.82, 2.24) is 0 Å². The molecule has 10 heteroatoms.